The van der Waals surface area contributed by atoms with Crippen LogP contribution in [0.2, 0.25) is 0 Å². The van der Waals surface area contributed by atoms with E-state index in [9.17, 15) is 14.7 Å². The largest absolute Gasteiger partial charge is 0.507 e. The Labute approximate surface area is 159 Å². The van der Waals surface area contributed by atoms with Gasteiger partial charge in [-0.2, -0.15) is 0 Å². The number of carbonyl (C=O) groups is 2. The Morgan fingerprint density at radius 1 is 1.04 bits per heavy atom. The minimum atomic E-state index is -0.711. The minimum absolute atomic E-state index is 0.0708. The molecule has 1 heterocycles. The summed E-state index contributed by atoms with van der Waals surface area (Å²) in [6.07, 6.45) is 0.356. The average Bonchev–Trinajstić information content (AvgIpc) is 2.91. The number of nitrogens with zero attached hydrogens (tertiary/aromatic N) is 1. The van der Waals surface area contributed by atoms with E-state index in [1.54, 1.807) is 24.3 Å². The Hall–Kier alpha value is -2.44. The topological polar surface area (TPSA) is 77.8 Å². The number of hydrogen-bond donors (Lipinski definition) is 2. The Morgan fingerprint density at radius 2 is 1.69 bits per heavy atom. The van der Waals surface area contributed by atoms with Crippen LogP contribution in [-0.2, 0) is 9.59 Å². The molecule has 26 heavy (non-hydrogen) atoms. The number of benzene rings is 2. The van der Waals surface area contributed by atoms with E-state index in [0.29, 0.717) is 12.0 Å². The van der Waals surface area contributed by atoms with Crippen molar-refractivity contribution in [2.24, 2.45) is 0 Å². The lowest BCUT2D eigenvalue weighted by Crippen LogP contribution is -2.31. The predicted molar refractivity (Wildman–Crippen MR) is 101 cm³/mol. The first-order chi connectivity index (χ1) is 12.5. The van der Waals surface area contributed by atoms with E-state index in [2.05, 4.69) is 15.9 Å². The molecule has 6 heteroatoms. The van der Waals surface area contributed by atoms with Crippen LogP contribution in [0.3, 0.4) is 0 Å². The zero-order valence-electron chi connectivity index (χ0n) is 13.9. The van der Waals surface area contributed by atoms with Crippen LogP contribution in [0.25, 0.3) is 5.76 Å². The van der Waals surface area contributed by atoms with E-state index in [0.717, 1.165) is 10.0 Å². The van der Waals surface area contributed by atoms with E-state index in [1.165, 1.54) is 4.90 Å². The van der Waals surface area contributed by atoms with Gasteiger partial charge in [0, 0.05) is 23.2 Å². The van der Waals surface area contributed by atoms with Crippen molar-refractivity contribution >= 4 is 33.4 Å². The molecule has 0 aromatic heterocycles. The molecule has 1 fully saturated rings. The summed E-state index contributed by atoms with van der Waals surface area (Å²) in [6.45, 7) is 0.148. The molecule has 1 aliphatic heterocycles. The zero-order valence-corrected chi connectivity index (χ0v) is 15.5. The molecule has 1 saturated heterocycles. The lowest BCUT2D eigenvalue weighted by molar-refractivity contribution is -0.140. The molecule has 1 atom stereocenters. The van der Waals surface area contributed by atoms with Crippen molar-refractivity contribution < 1.29 is 19.8 Å². The minimum Gasteiger partial charge on any atom is -0.507 e. The summed E-state index contributed by atoms with van der Waals surface area (Å²) >= 11 is 3.34. The number of carbonyl (C=O) groups excluding carboxylic acids is 2. The first-order valence-corrected chi connectivity index (χ1v) is 9.04. The summed E-state index contributed by atoms with van der Waals surface area (Å²) in [4.78, 5) is 26.6. The summed E-state index contributed by atoms with van der Waals surface area (Å²) in [5.74, 6) is -1.57. The van der Waals surface area contributed by atoms with Crippen LogP contribution in [0.4, 0.5) is 0 Å². The van der Waals surface area contributed by atoms with Crippen LogP contribution in [0.5, 0.6) is 0 Å². The maximum Gasteiger partial charge on any atom is 0.295 e. The average molecular weight is 416 g/mol. The highest BCUT2D eigenvalue weighted by molar-refractivity contribution is 9.10. The molecule has 2 aromatic rings. The predicted octanol–water partition coefficient (Wildman–Crippen LogP) is 3.25. The van der Waals surface area contributed by atoms with Crippen molar-refractivity contribution in [3.8, 4) is 0 Å². The summed E-state index contributed by atoms with van der Waals surface area (Å²) in [5, 5.41) is 19.9. The highest BCUT2D eigenvalue weighted by Crippen LogP contribution is 2.39. The van der Waals surface area contributed by atoms with Crippen molar-refractivity contribution in [2.45, 2.75) is 12.5 Å². The number of Topliss-reactive ketones (excluding diaryl/α,β-unsaturated/α-hetero) is 1. The van der Waals surface area contributed by atoms with E-state index < -0.39 is 17.7 Å². The summed E-state index contributed by atoms with van der Waals surface area (Å²) in [7, 11) is 0. The first-order valence-electron chi connectivity index (χ1n) is 8.24. The molecular weight excluding hydrogens is 398 g/mol. The van der Waals surface area contributed by atoms with Crippen LogP contribution < -0.4 is 0 Å². The number of hydrogen-bond acceptors (Lipinski definition) is 4. The highest BCUT2D eigenvalue weighted by atomic mass is 79.9. The van der Waals surface area contributed by atoms with Gasteiger partial charge in [-0.25, -0.2) is 0 Å². The van der Waals surface area contributed by atoms with Crippen LogP contribution in [0, 0.1) is 0 Å². The van der Waals surface area contributed by atoms with E-state index in [-0.39, 0.29) is 24.5 Å². The fourth-order valence-corrected chi connectivity index (χ4v) is 3.36. The van der Waals surface area contributed by atoms with Gasteiger partial charge in [-0.05, 0) is 24.1 Å². The number of ketones is 1. The number of aliphatic hydroxyl groups excluding tert-OH is 2. The molecule has 0 aliphatic carbocycles. The van der Waals surface area contributed by atoms with Gasteiger partial charge in [-0.3, -0.25) is 9.59 Å². The van der Waals surface area contributed by atoms with Crippen LogP contribution in [0.1, 0.15) is 23.6 Å². The Kier molecular flexibility index (Phi) is 5.54. The normalized spacial score (nSPS) is 19.2. The molecule has 1 aliphatic rings. The third kappa shape index (κ3) is 3.43. The van der Waals surface area contributed by atoms with Gasteiger partial charge < -0.3 is 15.1 Å². The van der Waals surface area contributed by atoms with Crippen molar-refractivity contribution in [3.05, 3.63) is 75.8 Å². The van der Waals surface area contributed by atoms with Gasteiger partial charge in [0.25, 0.3) is 11.7 Å². The van der Waals surface area contributed by atoms with Gasteiger partial charge in [0.05, 0.1) is 11.6 Å². The van der Waals surface area contributed by atoms with E-state index in [1.807, 2.05) is 30.3 Å². The molecule has 134 valence electrons. The highest BCUT2D eigenvalue weighted by Gasteiger charge is 2.45. The molecule has 0 saturated carbocycles. The summed E-state index contributed by atoms with van der Waals surface area (Å²) < 4.78 is 0.844. The van der Waals surface area contributed by atoms with Crippen LogP contribution in [-0.4, -0.2) is 40.0 Å². The van der Waals surface area contributed by atoms with Crippen molar-refractivity contribution in [1.82, 2.24) is 4.90 Å². The molecular formula is C20H18BrNO4. The molecule has 3 rings (SSSR count). The standard InChI is InChI=1S/C20H18BrNO4/c21-15-9-7-14(8-10-15)18(24)16-17(13-5-2-1-3-6-13)22(11-4-12-23)20(26)19(16)25/h1-3,5-10,17,23-24H,4,11-12H2/b18-16-. The molecule has 0 spiro atoms. The third-order valence-corrected chi connectivity index (χ3v) is 4.86. The second-order valence-corrected chi connectivity index (χ2v) is 6.90. The molecule has 2 aromatic carbocycles. The van der Waals surface area contributed by atoms with Crippen molar-refractivity contribution in [3.63, 3.8) is 0 Å². The van der Waals surface area contributed by atoms with Gasteiger partial charge in [-0.15, -0.1) is 0 Å². The molecule has 2 N–H and O–H groups in total. The Balaban J connectivity index is 2.14. The second-order valence-electron chi connectivity index (χ2n) is 5.99. The van der Waals surface area contributed by atoms with Gasteiger partial charge in [-0.1, -0.05) is 58.4 Å². The first kappa shape index (κ1) is 18.4. The van der Waals surface area contributed by atoms with Gasteiger partial charge in [0.15, 0.2) is 0 Å². The summed E-state index contributed by atoms with van der Waals surface area (Å²) in [5.41, 5.74) is 1.28. The number of amides is 1. The SMILES string of the molecule is O=C1C(=O)N(CCCO)C(c2ccccc2)/C1=C(/O)c1ccc(Br)cc1. The Morgan fingerprint density at radius 3 is 2.31 bits per heavy atom. The number of likely N-dealkylation sites (tertiary alicyclic amines) is 1. The second kappa shape index (κ2) is 7.85. The quantitative estimate of drug-likeness (QED) is 0.446. The van der Waals surface area contributed by atoms with Crippen LogP contribution >= 0.6 is 15.9 Å². The summed E-state index contributed by atoms with van der Waals surface area (Å²) in [6, 6.07) is 15.3. The zero-order chi connectivity index (χ0) is 18.7. The van der Waals surface area contributed by atoms with Gasteiger partial charge >= 0.3 is 0 Å². The van der Waals surface area contributed by atoms with Crippen molar-refractivity contribution in [2.75, 3.05) is 13.2 Å². The van der Waals surface area contributed by atoms with Crippen LogP contribution in [0.15, 0.2) is 64.6 Å². The monoisotopic (exact) mass is 415 g/mol. The lowest BCUT2D eigenvalue weighted by Gasteiger charge is -2.25. The van der Waals surface area contributed by atoms with Crippen molar-refractivity contribution in [1.29, 1.82) is 0 Å². The molecule has 0 radical (unpaired) electrons. The number of aliphatic hydroxyl groups is 2. The molecule has 5 nitrogen and oxygen atoms in total. The van der Waals surface area contributed by atoms with Gasteiger partial charge in [0.1, 0.15) is 5.76 Å². The molecule has 1 amide bonds. The molecule has 0 bridgehead atoms. The maximum atomic E-state index is 12.7. The lowest BCUT2D eigenvalue weighted by atomic mass is 9.95. The number of rotatable bonds is 5. The van der Waals surface area contributed by atoms with E-state index >= 15 is 0 Å². The van der Waals surface area contributed by atoms with Gasteiger partial charge in [0.2, 0.25) is 0 Å². The van der Waals surface area contributed by atoms with E-state index in [4.69, 9.17) is 5.11 Å². The maximum absolute atomic E-state index is 12.7. The third-order valence-electron chi connectivity index (χ3n) is 4.33. The Bertz CT molecular complexity index is 846. The number of halogens is 1. The fraction of sp³-hybridized carbons (Fsp3) is 0.200. The molecule has 1 unspecified atom stereocenters. The fourth-order valence-electron chi connectivity index (χ4n) is 3.10. The smallest absolute Gasteiger partial charge is 0.295 e.